The number of carbonyl (C=O) groups is 4. The van der Waals surface area contributed by atoms with Crippen LogP contribution in [-0.4, -0.2) is 20.5 Å². The maximum atomic E-state index is 12.2. The molecule has 4 rings (SSSR count). The minimum absolute atomic E-state index is 0.330. The van der Waals surface area contributed by atoms with E-state index >= 15 is 0 Å². The molecular weight excluding hydrogens is 328 g/mol. The first kappa shape index (κ1) is 13.0. The fraction of sp³-hybridized carbons (Fsp3) is 0. The second-order valence-corrected chi connectivity index (χ2v) is 7.82. The summed E-state index contributed by atoms with van der Waals surface area (Å²) in [6, 6.07) is 6.13. The Balaban J connectivity index is 2.29. The van der Waals surface area contributed by atoms with E-state index in [0.717, 1.165) is 0 Å². The van der Waals surface area contributed by atoms with E-state index in [1.54, 1.807) is 0 Å². The van der Waals surface area contributed by atoms with Crippen LogP contribution >= 0.6 is 11.8 Å². The molecule has 21 heavy (non-hydrogen) atoms. The van der Waals surface area contributed by atoms with E-state index in [9.17, 15) is 19.2 Å². The summed E-state index contributed by atoms with van der Waals surface area (Å²) in [5.41, 5.74) is 1.39. The Bertz CT molecular complexity index is 888. The van der Waals surface area contributed by atoms with Crippen LogP contribution in [0.15, 0.2) is 24.3 Å². The maximum absolute atomic E-state index is 12.2. The highest BCUT2D eigenvalue weighted by Gasteiger charge is 2.35. The number of rotatable bonds is 0. The average Bonchev–Trinajstić information content (AvgIpc) is 2.48. The molecule has 0 bridgehead atoms. The smallest absolute Gasteiger partial charge is 0.231 e. The lowest BCUT2D eigenvalue weighted by Crippen LogP contribution is -2.24. The van der Waals surface area contributed by atoms with Crippen molar-refractivity contribution in [2.24, 2.45) is 0 Å². The van der Waals surface area contributed by atoms with Crippen LogP contribution in [0.5, 0.6) is 0 Å². The van der Waals surface area contributed by atoms with Crippen LogP contribution in [0.2, 0.25) is 0 Å². The van der Waals surface area contributed by atoms with Gasteiger partial charge in [0.2, 0.25) is 20.5 Å². The molecule has 0 saturated carbocycles. The summed E-state index contributed by atoms with van der Waals surface area (Å²) in [5.74, 6) is 0. The second-order valence-electron chi connectivity index (χ2n) is 4.59. The summed E-state index contributed by atoms with van der Waals surface area (Å²) < 4.78 is 0. The van der Waals surface area contributed by atoms with Crippen LogP contribution < -0.4 is 0 Å². The molecule has 2 heterocycles. The monoisotopic (exact) mass is 332 g/mol. The van der Waals surface area contributed by atoms with E-state index in [1.807, 2.05) is 0 Å². The van der Waals surface area contributed by atoms with Crippen molar-refractivity contribution >= 4 is 63.6 Å². The number of hydrogen-bond donors (Lipinski definition) is 0. The summed E-state index contributed by atoms with van der Waals surface area (Å²) in [7, 11) is -1.43. The summed E-state index contributed by atoms with van der Waals surface area (Å²) in [5, 5.41) is -0.741. The van der Waals surface area contributed by atoms with Gasteiger partial charge in [-0.3, -0.25) is 19.2 Å². The first-order valence-electron chi connectivity index (χ1n) is 5.87. The maximum Gasteiger partial charge on any atom is 0.231 e. The third kappa shape index (κ3) is 1.53. The molecule has 0 aliphatic carbocycles. The van der Waals surface area contributed by atoms with Crippen molar-refractivity contribution in [2.45, 2.75) is 0 Å². The van der Waals surface area contributed by atoms with Gasteiger partial charge in [-0.05, 0) is 47.2 Å². The van der Waals surface area contributed by atoms with Gasteiger partial charge in [0.05, 0.1) is 0 Å². The van der Waals surface area contributed by atoms with Gasteiger partial charge in [0.1, 0.15) is 0 Å². The number of thioether (sulfide) groups is 1. The molecule has 4 nitrogen and oxygen atoms in total. The van der Waals surface area contributed by atoms with Gasteiger partial charge in [-0.15, -0.1) is 0 Å². The minimum atomic E-state index is -1.43. The molecule has 0 saturated heterocycles. The quantitative estimate of drug-likeness (QED) is 0.737. The van der Waals surface area contributed by atoms with E-state index in [0.29, 0.717) is 44.8 Å². The van der Waals surface area contributed by atoms with Crippen LogP contribution in [-0.2, 0) is 20.6 Å². The molecular formula is C14H4O4S3. The Morgan fingerprint density at radius 3 is 1.57 bits per heavy atom. The largest absolute Gasteiger partial charge is 0.281 e. The van der Waals surface area contributed by atoms with Gasteiger partial charge in [0.15, 0.2) is 0 Å². The fourth-order valence-electron chi connectivity index (χ4n) is 2.65. The van der Waals surface area contributed by atoms with Crippen LogP contribution in [0.3, 0.4) is 0 Å². The minimum Gasteiger partial charge on any atom is -0.281 e. The van der Waals surface area contributed by atoms with Gasteiger partial charge < -0.3 is 0 Å². The molecule has 2 aromatic carbocycles. The van der Waals surface area contributed by atoms with E-state index in [-0.39, 0.29) is 10.2 Å². The molecule has 102 valence electrons. The second kappa shape index (κ2) is 4.16. The molecule has 2 aliphatic rings. The van der Waals surface area contributed by atoms with Gasteiger partial charge in [-0.2, -0.15) is 0 Å². The van der Waals surface area contributed by atoms with Gasteiger partial charge in [-0.1, -0.05) is 0 Å². The molecule has 0 aromatic heterocycles. The van der Waals surface area contributed by atoms with Gasteiger partial charge in [-0.25, -0.2) is 0 Å². The third-order valence-electron chi connectivity index (χ3n) is 3.56. The highest BCUT2D eigenvalue weighted by Crippen LogP contribution is 2.40. The van der Waals surface area contributed by atoms with Crippen molar-refractivity contribution in [3.05, 3.63) is 46.5 Å². The first-order chi connectivity index (χ1) is 10.0. The normalized spacial score (nSPS) is 17.7. The standard InChI is InChI=1S/C14H4O4S3/c15-11-5-1-3-7-10-8(14(18)21(19)13(7)17)4-2-6(9(5)10)12(16)20-11/h1-4H. The number of hydrogen-bond acceptors (Lipinski definition) is 6. The zero-order chi connectivity index (χ0) is 14.9. The van der Waals surface area contributed by atoms with E-state index < -0.39 is 19.7 Å². The predicted molar refractivity (Wildman–Crippen MR) is 83.6 cm³/mol. The van der Waals surface area contributed by atoms with Crippen molar-refractivity contribution in [1.29, 1.82) is 0 Å². The molecule has 0 amide bonds. The highest BCUT2D eigenvalue weighted by molar-refractivity contribution is 8.46. The Hall–Kier alpha value is -1.70. The van der Waals surface area contributed by atoms with Gasteiger partial charge >= 0.3 is 0 Å². The first-order valence-corrected chi connectivity index (χ1v) is 8.84. The topological polar surface area (TPSA) is 68.3 Å². The summed E-state index contributed by atoms with van der Waals surface area (Å²) in [6.07, 6.45) is 0. The summed E-state index contributed by atoms with van der Waals surface area (Å²) >= 11 is 5.63. The van der Waals surface area contributed by atoms with E-state index in [1.165, 1.54) is 24.3 Å². The molecule has 7 heteroatoms. The van der Waals surface area contributed by atoms with Crippen molar-refractivity contribution in [3.63, 3.8) is 0 Å². The molecule has 0 atom stereocenters. The number of benzene rings is 2. The van der Waals surface area contributed by atoms with E-state index in [2.05, 4.69) is 0 Å². The average molecular weight is 332 g/mol. The predicted octanol–water partition coefficient (Wildman–Crippen LogP) is 2.24. The highest BCUT2D eigenvalue weighted by atomic mass is 32.8. The molecule has 0 unspecified atom stereocenters. The Morgan fingerprint density at radius 1 is 0.714 bits per heavy atom. The van der Waals surface area contributed by atoms with Crippen molar-refractivity contribution in [1.82, 2.24) is 0 Å². The van der Waals surface area contributed by atoms with Gasteiger partial charge in [0.25, 0.3) is 0 Å². The van der Waals surface area contributed by atoms with Crippen molar-refractivity contribution < 1.29 is 19.2 Å². The molecule has 2 aliphatic heterocycles. The molecule has 0 radical (unpaired) electrons. The summed E-state index contributed by atoms with van der Waals surface area (Å²) in [4.78, 5) is 48.4. The van der Waals surface area contributed by atoms with Crippen LogP contribution in [0.25, 0.3) is 10.8 Å². The fourth-order valence-corrected chi connectivity index (χ4v) is 4.83. The van der Waals surface area contributed by atoms with Crippen molar-refractivity contribution in [2.75, 3.05) is 0 Å². The lowest BCUT2D eigenvalue weighted by atomic mass is 9.92. The van der Waals surface area contributed by atoms with Crippen molar-refractivity contribution in [3.8, 4) is 0 Å². The Kier molecular flexibility index (Phi) is 2.57. The lowest BCUT2D eigenvalue weighted by Gasteiger charge is -2.21. The number of carbonyl (C=O) groups excluding carboxylic acids is 4. The zero-order valence-corrected chi connectivity index (χ0v) is 12.6. The lowest BCUT2D eigenvalue weighted by molar-refractivity contribution is 0.104. The van der Waals surface area contributed by atoms with Crippen LogP contribution in [0.1, 0.15) is 41.4 Å². The Labute approximate surface area is 129 Å². The third-order valence-corrected chi connectivity index (χ3v) is 6.39. The molecule has 0 fully saturated rings. The molecule has 0 N–H and O–H groups in total. The SMILES string of the molecule is O=C1SC(=O)c2ccc3c4c(ccc1c24)C(=O)S(=S)C3=O. The van der Waals surface area contributed by atoms with Gasteiger partial charge in [0, 0.05) is 42.5 Å². The zero-order valence-electron chi connectivity index (χ0n) is 10.2. The molecule has 0 spiro atoms. The Morgan fingerprint density at radius 2 is 1.10 bits per heavy atom. The summed E-state index contributed by atoms with van der Waals surface area (Å²) in [6.45, 7) is 0. The van der Waals surface area contributed by atoms with E-state index in [4.69, 9.17) is 11.2 Å². The van der Waals surface area contributed by atoms with Crippen LogP contribution in [0, 0.1) is 0 Å². The van der Waals surface area contributed by atoms with Crippen LogP contribution in [0.4, 0.5) is 0 Å². The molecule has 2 aromatic rings.